The van der Waals surface area contributed by atoms with Crippen molar-refractivity contribution in [1.29, 1.82) is 0 Å². The summed E-state index contributed by atoms with van der Waals surface area (Å²) in [7, 11) is 0. The molecule has 0 N–H and O–H groups in total. The van der Waals surface area contributed by atoms with Crippen molar-refractivity contribution in [1.82, 2.24) is 0 Å². The molecule has 0 unspecified atom stereocenters. The van der Waals surface area contributed by atoms with Gasteiger partial charge in [-0.3, -0.25) is 9.59 Å². The first-order valence-electron chi connectivity index (χ1n) is 8.60. The lowest BCUT2D eigenvalue weighted by molar-refractivity contribution is -0.151. The number of carbonyl (C=O) groups excluding carboxylic acids is 3. The molecule has 25 heavy (non-hydrogen) atoms. The van der Waals surface area contributed by atoms with E-state index in [1.807, 2.05) is 19.1 Å². The largest absolute Gasteiger partial charge is 0.462 e. The topological polar surface area (TPSA) is 69.7 Å². The number of carbonyl (C=O) groups is 3. The molecule has 1 saturated carbocycles. The second-order valence-electron chi connectivity index (χ2n) is 6.40. The SMILES string of the molecule is C=C(CC(=O)OC1CCCCC1)C(=O)OCC(=O)c1ccc(C)cc1. The van der Waals surface area contributed by atoms with Crippen molar-refractivity contribution in [3.63, 3.8) is 0 Å². The average Bonchev–Trinajstić information content (AvgIpc) is 2.60. The van der Waals surface area contributed by atoms with E-state index in [1.165, 1.54) is 6.42 Å². The van der Waals surface area contributed by atoms with E-state index in [2.05, 4.69) is 6.58 Å². The first-order valence-corrected chi connectivity index (χ1v) is 8.60. The smallest absolute Gasteiger partial charge is 0.334 e. The monoisotopic (exact) mass is 344 g/mol. The number of hydrogen-bond acceptors (Lipinski definition) is 5. The highest BCUT2D eigenvalue weighted by Crippen LogP contribution is 2.21. The van der Waals surface area contributed by atoms with Crippen molar-refractivity contribution < 1.29 is 23.9 Å². The van der Waals surface area contributed by atoms with Gasteiger partial charge in [0.1, 0.15) is 6.10 Å². The molecule has 0 spiro atoms. The van der Waals surface area contributed by atoms with Gasteiger partial charge in [0.05, 0.1) is 6.42 Å². The minimum absolute atomic E-state index is 0.00230. The maximum absolute atomic E-state index is 12.0. The van der Waals surface area contributed by atoms with Crippen molar-refractivity contribution in [2.45, 2.75) is 51.6 Å². The zero-order chi connectivity index (χ0) is 18.2. The van der Waals surface area contributed by atoms with Crippen LogP contribution in [0.4, 0.5) is 0 Å². The summed E-state index contributed by atoms with van der Waals surface area (Å²) >= 11 is 0. The van der Waals surface area contributed by atoms with Crippen LogP contribution in [0.5, 0.6) is 0 Å². The van der Waals surface area contributed by atoms with Gasteiger partial charge >= 0.3 is 11.9 Å². The lowest BCUT2D eigenvalue weighted by atomic mass is 9.98. The van der Waals surface area contributed by atoms with Gasteiger partial charge in [0.15, 0.2) is 12.4 Å². The van der Waals surface area contributed by atoms with Gasteiger partial charge in [0.2, 0.25) is 0 Å². The fourth-order valence-corrected chi connectivity index (χ4v) is 2.71. The molecule has 0 radical (unpaired) electrons. The zero-order valence-electron chi connectivity index (χ0n) is 14.6. The number of esters is 2. The summed E-state index contributed by atoms with van der Waals surface area (Å²) in [5, 5.41) is 0. The maximum Gasteiger partial charge on any atom is 0.334 e. The number of rotatable bonds is 7. The van der Waals surface area contributed by atoms with E-state index in [0.29, 0.717) is 5.56 Å². The molecule has 134 valence electrons. The van der Waals surface area contributed by atoms with Gasteiger partial charge in [-0.15, -0.1) is 0 Å². The molecule has 0 amide bonds. The summed E-state index contributed by atoms with van der Waals surface area (Å²) in [6, 6.07) is 6.99. The Morgan fingerprint density at radius 1 is 1.08 bits per heavy atom. The zero-order valence-corrected chi connectivity index (χ0v) is 14.6. The Labute approximate surface area is 148 Å². The molecule has 0 saturated heterocycles. The first-order chi connectivity index (χ1) is 12.0. The summed E-state index contributed by atoms with van der Waals surface area (Å²) in [6.07, 6.45) is 4.75. The van der Waals surface area contributed by atoms with Crippen molar-refractivity contribution in [3.8, 4) is 0 Å². The molecular weight excluding hydrogens is 320 g/mol. The van der Waals surface area contributed by atoms with Crippen molar-refractivity contribution in [2.75, 3.05) is 6.61 Å². The highest BCUT2D eigenvalue weighted by atomic mass is 16.5. The minimum atomic E-state index is -0.749. The molecule has 0 aliphatic heterocycles. The maximum atomic E-state index is 12.0. The van der Waals surface area contributed by atoms with Crippen LogP contribution in [0.15, 0.2) is 36.4 Å². The number of ketones is 1. The molecule has 2 rings (SSSR count). The van der Waals surface area contributed by atoms with Crippen molar-refractivity contribution >= 4 is 17.7 Å². The molecular formula is C20H24O5. The molecule has 5 heteroatoms. The molecule has 1 aliphatic rings. The van der Waals surface area contributed by atoms with E-state index < -0.39 is 11.9 Å². The molecule has 1 aromatic carbocycles. The Morgan fingerprint density at radius 2 is 1.72 bits per heavy atom. The van der Waals surface area contributed by atoms with Crippen molar-refractivity contribution in [3.05, 3.63) is 47.5 Å². The molecule has 0 bridgehead atoms. The summed E-state index contributed by atoms with van der Waals surface area (Å²) in [6.45, 7) is 5.11. The van der Waals surface area contributed by atoms with Crippen LogP contribution >= 0.6 is 0 Å². The third-order valence-corrected chi connectivity index (χ3v) is 4.20. The fourth-order valence-electron chi connectivity index (χ4n) is 2.71. The Hall–Kier alpha value is -2.43. The van der Waals surface area contributed by atoms with Crippen LogP contribution in [0.1, 0.15) is 54.4 Å². The quantitative estimate of drug-likeness (QED) is 0.430. The van der Waals surface area contributed by atoms with Crippen LogP contribution in [0, 0.1) is 6.92 Å². The average molecular weight is 344 g/mol. The summed E-state index contributed by atoms with van der Waals surface area (Å²) in [5.74, 6) is -1.52. The van der Waals surface area contributed by atoms with Crippen LogP contribution in [0.2, 0.25) is 0 Å². The third-order valence-electron chi connectivity index (χ3n) is 4.20. The van der Waals surface area contributed by atoms with E-state index in [0.717, 1.165) is 31.2 Å². The van der Waals surface area contributed by atoms with Crippen molar-refractivity contribution in [2.24, 2.45) is 0 Å². The standard InChI is InChI=1S/C20H24O5/c1-14-8-10-16(11-9-14)18(21)13-24-20(23)15(2)12-19(22)25-17-6-4-3-5-7-17/h8-11,17H,2-7,12-13H2,1H3. The van der Waals surface area contributed by atoms with E-state index in [9.17, 15) is 14.4 Å². The van der Waals surface area contributed by atoms with Crippen LogP contribution < -0.4 is 0 Å². The number of Topliss-reactive ketones (excluding diaryl/α,β-unsaturated/α-hetero) is 1. The van der Waals surface area contributed by atoms with Crippen LogP contribution in [0.25, 0.3) is 0 Å². The molecule has 1 fully saturated rings. The number of ether oxygens (including phenoxy) is 2. The Kier molecular flexibility index (Phi) is 6.92. The van der Waals surface area contributed by atoms with E-state index in [1.54, 1.807) is 12.1 Å². The molecule has 0 heterocycles. The predicted molar refractivity (Wildman–Crippen MR) is 93.2 cm³/mol. The molecule has 1 aliphatic carbocycles. The second kappa shape index (κ2) is 9.16. The van der Waals surface area contributed by atoms with Gasteiger partial charge in [-0.1, -0.05) is 42.8 Å². The summed E-state index contributed by atoms with van der Waals surface area (Å²) in [4.78, 5) is 35.7. The number of benzene rings is 1. The van der Waals surface area contributed by atoms with Gasteiger partial charge < -0.3 is 9.47 Å². The van der Waals surface area contributed by atoms with Crippen LogP contribution in [-0.2, 0) is 19.1 Å². The predicted octanol–water partition coefficient (Wildman–Crippen LogP) is 3.54. The van der Waals surface area contributed by atoms with Gasteiger partial charge in [0, 0.05) is 11.1 Å². The molecule has 5 nitrogen and oxygen atoms in total. The highest BCUT2D eigenvalue weighted by molar-refractivity contribution is 5.99. The lowest BCUT2D eigenvalue weighted by Crippen LogP contribution is -2.22. The first kappa shape index (κ1) is 18.9. The van der Waals surface area contributed by atoms with E-state index in [-0.39, 0.29) is 30.5 Å². The molecule has 0 aromatic heterocycles. The Balaban J connectivity index is 1.73. The van der Waals surface area contributed by atoms with Gasteiger partial charge in [-0.2, -0.15) is 0 Å². The Bertz CT molecular complexity index is 639. The molecule has 0 atom stereocenters. The van der Waals surface area contributed by atoms with Crippen LogP contribution in [-0.4, -0.2) is 30.4 Å². The highest BCUT2D eigenvalue weighted by Gasteiger charge is 2.21. The van der Waals surface area contributed by atoms with Gasteiger partial charge in [0.25, 0.3) is 0 Å². The van der Waals surface area contributed by atoms with Gasteiger partial charge in [-0.05, 0) is 32.6 Å². The number of aryl methyl sites for hydroxylation is 1. The third kappa shape index (κ3) is 6.18. The minimum Gasteiger partial charge on any atom is -0.462 e. The normalized spacial score (nSPS) is 14.6. The fraction of sp³-hybridized carbons (Fsp3) is 0.450. The van der Waals surface area contributed by atoms with E-state index in [4.69, 9.17) is 9.47 Å². The summed E-state index contributed by atoms with van der Waals surface area (Å²) < 4.78 is 10.3. The van der Waals surface area contributed by atoms with Crippen LogP contribution in [0.3, 0.4) is 0 Å². The van der Waals surface area contributed by atoms with Gasteiger partial charge in [-0.25, -0.2) is 4.79 Å². The summed E-state index contributed by atoms with van der Waals surface area (Å²) in [5.41, 5.74) is 1.51. The van der Waals surface area contributed by atoms with E-state index >= 15 is 0 Å². The lowest BCUT2D eigenvalue weighted by Gasteiger charge is -2.21. The second-order valence-corrected chi connectivity index (χ2v) is 6.40. The number of hydrogen-bond donors (Lipinski definition) is 0. The molecule has 1 aromatic rings. The Morgan fingerprint density at radius 3 is 2.36 bits per heavy atom.